The molecule has 0 spiro atoms. The molecular formula is C25H27N3O7S2. The highest BCUT2D eigenvalue weighted by molar-refractivity contribution is 7.89. The number of furan rings is 1. The van der Waals surface area contributed by atoms with Gasteiger partial charge in [-0.1, -0.05) is 38.1 Å². The first-order chi connectivity index (χ1) is 17.6. The monoisotopic (exact) mass is 545 g/mol. The average Bonchev–Trinajstić information content (AvgIpc) is 3.52. The number of aromatic nitrogens is 1. The number of nitrogens with one attached hydrogen (secondary N) is 1. The number of para-hydroxylation sites is 1. The van der Waals surface area contributed by atoms with Crippen molar-refractivity contribution in [2.24, 2.45) is 0 Å². The Bertz CT molecular complexity index is 1410. The Kier molecular flexibility index (Phi) is 9.53. The fourth-order valence-corrected chi connectivity index (χ4v) is 5.77. The molecule has 2 heterocycles. The number of fused-ring (bicyclic) bond motifs is 1. The molecule has 0 saturated carbocycles. The van der Waals surface area contributed by atoms with Gasteiger partial charge in [-0.25, -0.2) is 23.0 Å². The molecule has 0 aliphatic heterocycles. The van der Waals surface area contributed by atoms with E-state index in [9.17, 15) is 8.42 Å². The number of hydrogen-bond acceptors (Lipinski definition) is 8. The molecule has 0 fully saturated rings. The van der Waals surface area contributed by atoms with Crippen molar-refractivity contribution in [3.63, 3.8) is 0 Å². The Hall–Kier alpha value is -3.58. The lowest BCUT2D eigenvalue weighted by atomic mass is 10.2. The van der Waals surface area contributed by atoms with Crippen LogP contribution in [-0.4, -0.2) is 52.9 Å². The van der Waals surface area contributed by atoms with Gasteiger partial charge in [0.15, 0.2) is 10.8 Å². The Morgan fingerprint density at radius 2 is 1.59 bits per heavy atom. The number of hydrogen-bond donors (Lipinski definition) is 3. The second-order valence-corrected chi connectivity index (χ2v) is 10.7. The van der Waals surface area contributed by atoms with Crippen molar-refractivity contribution < 1.29 is 32.6 Å². The Morgan fingerprint density at radius 1 is 0.946 bits per heavy atom. The Labute approximate surface area is 218 Å². The van der Waals surface area contributed by atoms with E-state index in [1.165, 1.54) is 4.31 Å². The quantitative estimate of drug-likeness (QED) is 0.265. The predicted octanol–water partition coefficient (Wildman–Crippen LogP) is 4.03. The first kappa shape index (κ1) is 28.0. The van der Waals surface area contributed by atoms with E-state index in [0.717, 1.165) is 32.3 Å². The van der Waals surface area contributed by atoms with Crippen LogP contribution in [0.5, 0.6) is 0 Å². The third-order valence-electron chi connectivity index (χ3n) is 5.24. The summed E-state index contributed by atoms with van der Waals surface area (Å²) in [4.78, 5) is 23.2. The maximum absolute atomic E-state index is 12.6. The van der Waals surface area contributed by atoms with E-state index in [1.54, 1.807) is 23.5 Å². The summed E-state index contributed by atoms with van der Waals surface area (Å²) < 4.78 is 33.7. The lowest BCUT2D eigenvalue weighted by Crippen LogP contribution is -2.30. The van der Waals surface area contributed by atoms with Gasteiger partial charge < -0.3 is 19.9 Å². The van der Waals surface area contributed by atoms with Crippen LogP contribution < -0.4 is 5.32 Å². The van der Waals surface area contributed by atoms with Crippen molar-refractivity contribution >= 4 is 43.5 Å². The lowest BCUT2D eigenvalue weighted by Gasteiger charge is -2.18. The summed E-state index contributed by atoms with van der Waals surface area (Å²) in [5, 5.41) is 19.0. The fraction of sp³-hybridized carbons (Fsp3) is 0.240. The minimum absolute atomic E-state index is 0.325. The standard InChI is InChI=1S/C23H25N3O3S2.C2H2O4/c1-3-26(4-2)31(27,28)19-12-9-17(10-13-19)15-24-16-18-11-14-21(29-18)23-25-20-7-5-6-8-22(20)30-23;3-1(4)2(5)6/h5-14,24H,3-4,15-16H2,1-2H3;(H,3,4)(H,5,6). The first-order valence-corrected chi connectivity index (χ1v) is 13.6. The lowest BCUT2D eigenvalue weighted by molar-refractivity contribution is -0.159. The van der Waals surface area contributed by atoms with Crippen molar-refractivity contribution in [3.8, 4) is 10.8 Å². The molecule has 0 bridgehead atoms. The van der Waals surface area contributed by atoms with Gasteiger partial charge in [0.05, 0.1) is 21.7 Å². The van der Waals surface area contributed by atoms with Crippen LogP contribution in [0.15, 0.2) is 70.0 Å². The topological polar surface area (TPSA) is 150 Å². The molecule has 0 radical (unpaired) electrons. The highest BCUT2D eigenvalue weighted by atomic mass is 32.2. The zero-order chi connectivity index (χ0) is 27.0. The highest BCUT2D eigenvalue weighted by Gasteiger charge is 2.21. The van der Waals surface area contributed by atoms with Crippen LogP contribution in [-0.2, 0) is 32.7 Å². The molecule has 0 saturated heterocycles. The van der Waals surface area contributed by atoms with Gasteiger partial charge in [-0.05, 0) is 42.0 Å². The third kappa shape index (κ3) is 7.23. The molecule has 2 aromatic heterocycles. The number of sulfonamides is 1. The van der Waals surface area contributed by atoms with E-state index in [4.69, 9.17) is 24.2 Å². The summed E-state index contributed by atoms with van der Waals surface area (Å²) in [7, 11) is -3.42. The third-order valence-corrected chi connectivity index (χ3v) is 8.36. The van der Waals surface area contributed by atoms with Gasteiger partial charge >= 0.3 is 11.9 Å². The van der Waals surface area contributed by atoms with Gasteiger partial charge in [0, 0.05) is 19.6 Å². The largest absolute Gasteiger partial charge is 0.473 e. The van der Waals surface area contributed by atoms with Crippen molar-refractivity contribution in [1.29, 1.82) is 0 Å². The number of nitrogens with zero attached hydrogens (tertiary/aromatic N) is 2. The second-order valence-electron chi connectivity index (χ2n) is 7.70. The van der Waals surface area contributed by atoms with Crippen LogP contribution in [0.1, 0.15) is 25.2 Å². The molecule has 0 unspecified atom stereocenters. The summed E-state index contributed by atoms with van der Waals surface area (Å²) in [6, 6.07) is 19.0. The minimum Gasteiger partial charge on any atom is -0.473 e. The molecule has 12 heteroatoms. The predicted molar refractivity (Wildman–Crippen MR) is 140 cm³/mol. The van der Waals surface area contributed by atoms with Crippen molar-refractivity contribution in [1.82, 2.24) is 14.6 Å². The number of aliphatic carboxylic acids is 2. The molecule has 0 aliphatic rings. The number of rotatable bonds is 9. The van der Waals surface area contributed by atoms with Gasteiger partial charge in [0.1, 0.15) is 5.76 Å². The average molecular weight is 546 g/mol. The summed E-state index contributed by atoms with van der Waals surface area (Å²) in [5.41, 5.74) is 1.99. The van der Waals surface area contributed by atoms with Gasteiger partial charge in [-0.2, -0.15) is 4.31 Å². The molecule has 196 valence electrons. The summed E-state index contributed by atoms with van der Waals surface area (Å²) >= 11 is 1.61. The molecule has 10 nitrogen and oxygen atoms in total. The van der Waals surface area contributed by atoms with Crippen LogP contribution in [0.3, 0.4) is 0 Å². The number of carboxylic acids is 2. The molecule has 37 heavy (non-hydrogen) atoms. The summed E-state index contributed by atoms with van der Waals surface area (Å²) in [5.74, 6) is -2.05. The zero-order valence-electron chi connectivity index (χ0n) is 20.2. The Morgan fingerprint density at radius 3 is 2.19 bits per heavy atom. The number of benzene rings is 2. The van der Waals surface area contributed by atoms with Gasteiger partial charge in [-0.15, -0.1) is 11.3 Å². The van der Waals surface area contributed by atoms with E-state index in [1.807, 2.05) is 56.3 Å². The smallest absolute Gasteiger partial charge is 0.414 e. The maximum Gasteiger partial charge on any atom is 0.414 e. The molecule has 0 atom stereocenters. The van der Waals surface area contributed by atoms with Crippen LogP contribution >= 0.6 is 11.3 Å². The van der Waals surface area contributed by atoms with E-state index < -0.39 is 22.0 Å². The van der Waals surface area contributed by atoms with Crippen molar-refractivity contribution in [2.75, 3.05) is 13.1 Å². The molecule has 4 aromatic rings. The van der Waals surface area contributed by atoms with E-state index in [-0.39, 0.29) is 0 Å². The van der Waals surface area contributed by atoms with E-state index in [0.29, 0.717) is 31.1 Å². The van der Waals surface area contributed by atoms with Crippen molar-refractivity contribution in [2.45, 2.75) is 31.8 Å². The molecular weight excluding hydrogens is 518 g/mol. The Balaban J connectivity index is 0.000000568. The van der Waals surface area contributed by atoms with E-state index >= 15 is 0 Å². The normalized spacial score (nSPS) is 11.3. The zero-order valence-corrected chi connectivity index (χ0v) is 21.9. The number of thiazole rings is 1. The first-order valence-electron chi connectivity index (χ1n) is 11.4. The van der Waals surface area contributed by atoms with Crippen LogP contribution in [0, 0.1) is 0 Å². The number of carboxylic acid groups (broad SMARTS) is 2. The molecule has 2 aromatic carbocycles. The molecule has 4 rings (SSSR count). The highest BCUT2D eigenvalue weighted by Crippen LogP contribution is 2.31. The fourth-order valence-electron chi connectivity index (χ4n) is 3.39. The summed E-state index contributed by atoms with van der Waals surface area (Å²) in [6.45, 7) is 5.80. The second kappa shape index (κ2) is 12.6. The molecule has 0 amide bonds. The SMILES string of the molecule is CCN(CC)S(=O)(=O)c1ccc(CNCc2ccc(-c3nc4ccccc4s3)o2)cc1.O=C(O)C(=O)O. The maximum atomic E-state index is 12.6. The summed E-state index contributed by atoms with van der Waals surface area (Å²) in [6.07, 6.45) is 0. The van der Waals surface area contributed by atoms with Crippen LogP contribution in [0.25, 0.3) is 21.0 Å². The number of carbonyl (C=O) groups is 2. The van der Waals surface area contributed by atoms with Gasteiger partial charge in [0.25, 0.3) is 0 Å². The molecule has 3 N–H and O–H groups in total. The van der Waals surface area contributed by atoms with Crippen molar-refractivity contribution in [3.05, 3.63) is 72.0 Å². The van der Waals surface area contributed by atoms with Crippen LogP contribution in [0.2, 0.25) is 0 Å². The molecule has 0 aliphatic carbocycles. The van der Waals surface area contributed by atoms with Gasteiger partial charge in [-0.3, -0.25) is 0 Å². The van der Waals surface area contributed by atoms with E-state index in [2.05, 4.69) is 16.4 Å². The van der Waals surface area contributed by atoms with Gasteiger partial charge in [0.2, 0.25) is 10.0 Å². The van der Waals surface area contributed by atoms with Crippen LogP contribution in [0.4, 0.5) is 0 Å². The minimum atomic E-state index is -3.42.